The second-order valence-electron chi connectivity index (χ2n) is 5.16. The Morgan fingerprint density at radius 1 is 1.39 bits per heavy atom. The summed E-state index contributed by atoms with van der Waals surface area (Å²) in [5.74, 6) is 0.617. The highest BCUT2D eigenvalue weighted by molar-refractivity contribution is 5.32. The molecule has 3 atom stereocenters. The molecule has 96 valence electrons. The van der Waals surface area contributed by atoms with Crippen LogP contribution < -0.4 is 11.1 Å². The minimum absolute atomic E-state index is 0.315. The minimum Gasteiger partial charge on any atom is -0.330 e. The Balaban J connectivity index is 1.98. The first-order valence-corrected chi connectivity index (χ1v) is 6.70. The Morgan fingerprint density at radius 2 is 2.11 bits per heavy atom. The normalized spacial score (nSPS) is 24.7. The Bertz CT molecular complexity index is 418. The van der Waals surface area contributed by atoms with Gasteiger partial charge in [-0.05, 0) is 49.9 Å². The quantitative estimate of drug-likeness (QED) is 0.853. The number of hydrogen-bond acceptors (Lipinski definition) is 3. The second kappa shape index (κ2) is 5.99. The van der Waals surface area contributed by atoms with Crippen LogP contribution in [0.25, 0.3) is 0 Å². The van der Waals surface area contributed by atoms with Crippen LogP contribution in [0.2, 0.25) is 0 Å². The molecule has 18 heavy (non-hydrogen) atoms. The summed E-state index contributed by atoms with van der Waals surface area (Å²) in [6, 6.07) is 10.8. The maximum absolute atomic E-state index is 8.78. The summed E-state index contributed by atoms with van der Waals surface area (Å²) in [4.78, 5) is 0. The summed E-state index contributed by atoms with van der Waals surface area (Å²) in [6.07, 6.45) is 3.75. The van der Waals surface area contributed by atoms with Gasteiger partial charge in [0.15, 0.2) is 0 Å². The van der Waals surface area contributed by atoms with Gasteiger partial charge in [-0.15, -0.1) is 0 Å². The van der Waals surface area contributed by atoms with Crippen molar-refractivity contribution in [2.45, 2.75) is 38.3 Å². The lowest BCUT2D eigenvalue weighted by Crippen LogP contribution is -2.37. The maximum Gasteiger partial charge on any atom is 0.0991 e. The lowest BCUT2D eigenvalue weighted by Gasteiger charge is -2.24. The molecular formula is C15H21N3. The van der Waals surface area contributed by atoms with Gasteiger partial charge in [-0.3, -0.25) is 0 Å². The van der Waals surface area contributed by atoms with Gasteiger partial charge in [0.1, 0.15) is 0 Å². The van der Waals surface area contributed by atoms with Gasteiger partial charge in [-0.25, -0.2) is 0 Å². The molecule has 1 aromatic rings. The fourth-order valence-corrected chi connectivity index (χ4v) is 2.80. The fraction of sp³-hybridized carbons (Fsp3) is 0.533. The smallest absolute Gasteiger partial charge is 0.0991 e. The maximum atomic E-state index is 8.78. The summed E-state index contributed by atoms with van der Waals surface area (Å²) < 4.78 is 0. The van der Waals surface area contributed by atoms with Crippen molar-refractivity contribution in [1.82, 2.24) is 5.32 Å². The number of nitrogens with zero attached hydrogens (tertiary/aromatic N) is 1. The van der Waals surface area contributed by atoms with E-state index < -0.39 is 0 Å². The lowest BCUT2D eigenvalue weighted by molar-refractivity contribution is 0.374. The van der Waals surface area contributed by atoms with E-state index in [-0.39, 0.29) is 0 Å². The van der Waals surface area contributed by atoms with Crippen molar-refractivity contribution in [3.63, 3.8) is 0 Å². The lowest BCUT2D eigenvalue weighted by atomic mass is 10.0. The Labute approximate surface area is 109 Å². The first-order valence-electron chi connectivity index (χ1n) is 6.70. The largest absolute Gasteiger partial charge is 0.330 e. The average molecular weight is 243 g/mol. The van der Waals surface area contributed by atoms with Gasteiger partial charge < -0.3 is 11.1 Å². The molecule has 0 aliphatic heterocycles. The molecular weight excluding hydrogens is 222 g/mol. The second-order valence-corrected chi connectivity index (χ2v) is 5.16. The van der Waals surface area contributed by atoms with E-state index in [1.807, 2.05) is 24.3 Å². The Morgan fingerprint density at radius 3 is 2.72 bits per heavy atom. The first-order chi connectivity index (χ1) is 8.74. The molecule has 1 saturated carbocycles. The monoisotopic (exact) mass is 243 g/mol. The van der Waals surface area contributed by atoms with Crippen molar-refractivity contribution in [3.05, 3.63) is 35.4 Å². The first kappa shape index (κ1) is 13.1. The van der Waals surface area contributed by atoms with E-state index in [0.717, 1.165) is 6.54 Å². The van der Waals surface area contributed by atoms with Gasteiger partial charge in [0, 0.05) is 12.1 Å². The van der Waals surface area contributed by atoms with Crippen LogP contribution in [0.15, 0.2) is 24.3 Å². The van der Waals surface area contributed by atoms with Crippen molar-refractivity contribution in [2.75, 3.05) is 6.54 Å². The third-order valence-corrected chi connectivity index (χ3v) is 3.97. The van der Waals surface area contributed by atoms with Crippen LogP contribution in [0.5, 0.6) is 0 Å². The van der Waals surface area contributed by atoms with E-state index in [1.54, 1.807) is 0 Å². The van der Waals surface area contributed by atoms with Crippen molar-refractivity contribution in [1.29, 1.82) is 5.26 Å². The highest BCUT2D eigenvalue weighted by Gasteiger charge is 2.27. The van der Waals surface area contributed by atoms with Gasteiger partial charge in [0.05, 0.1) is 11.6 Å². The number of nitrogens with two attached hydrogens (primary N) is 1. The SMILES string of the molecule is CC(NC1CCCC1CN)c1ccc(C#N)cc1. The predicted octanol–water partition coefficient (Wildman–Crippen LogP) is 2.34. The molecule has 1 aliphatic carbocycles. The molecule has 0 spiro atoms. The van der Waals surface area contributed by atoms with E-state index in [0.29, 0.717) is 23.6 Å². The molecule has 3 nitrogen and oxygen atoms in total. The number of benzene rings is 1. The molecule has 0 radical (unpaired) electrons. The van der Waals surface area contributed by atoms with Gasteiger partial charge in [0.2, 0.25) is 0 Å². The molecule has 1 fully saturated rings. The highest BCUT2D eigenvalue weighted by atomic mass is 15.0. The molecule has 1 aromatic carbocycles. The fourth-order valence-electron chi connectivity index (χ4n) is 2.80. The zero-order valence-corrected chi connectivity index (χ0v) is 10.9. The minimum atomic E-state index is 0.315. The van der Waals surface area contributed by atoms with Crippen molar-refractivity contribution in [3.8, 4) is 6.07 Å². The van der Waals surface area contributed by atoms with E-state index in [1.165, 1.54) is 24.8 Å². The van der Waals surface area contributed by atoms with E-state index in [4.69, 9.17) is 11.0 Å². The molecule has 0 saturated heterocycles. The summed E-state index contributed by atoms with van der Waals surface area (Å²) in [5.41, 5.74) is 7.75. The molecule has 0 heterocycles. The number of hydrogen-bond donors (Lipinski definition) is 2. The Kier molecular flexibility index (Phi) is 4.35. The molecule has 1 aliphatic rings. The van der Waals surface area contributed by atoms with Crippen LogP contribution in [-0.4, -0.2) is 12.6 Å². The molecule has 2 rings (SSSR count). The van der Waals surface area contributed by atoms with Crippen LogP contribution in [0.4, 0.5) is 0 Å². The molecule has 0 amide bonds. The molecule has 0 aromatic heterocycles. The zero-order chi connectivity index (χ0) is 13.0. The van der Waals surface area contributed by atoms with E-state index in [2.05, 4.69) is 18.3 Å². The van der Waals surface area contributed by atoms with E-state index >= 15 is 0 Å². The highest BCUT2D eigenvalue weighted by Crippen LogP contribution is 2.27. The van der Waals surface area contributed by atoms with Crippen LogP contribution in [0, 0.1) is 17.2 Å². The molecule has 0 bridgehead atoms. The summed E-state index contributed by atoms with van der Waals surface area (Å²) in [5, 5.41) is 12.5. The molecule has 3 N–H and O–H groups in total. The topological polar surface area (TPSA) is 61.8 Å². The Hall–Kier alpha value is -1.37. The van der Waals surface area contributed by atoms with Crippen LogP contribution in [-0.2, 0) is 0 Å². The van der Waals surface area contributed by atoms with Gasteiger partial charge in [0.25, 0.3) is 0 Å². The summed E-state index contributed by atoms with van der Waals surface area (Å²) in [6.45, 7) is 2.95. The average Bonchev–Trinajstić information content (AvgIpc) is 2.86. The number of rotatable bonds is 4. The van der Waals surface area contributed by atoms with Gasteiger partial charge in [-0.1, -0.05) is 18.6 Å². The standard InChI is InChI=1S/C15H21N3/c1-11(13-7-5-12(9-16)6-8-13)18-15-4-2-3-14(15)10-17/h5-8,11,14-15,18H,2-4,10,17H2,1H3. The van der Waals surface area contributed by atoms with Gasteiger partial charge >= 0.3 is 0 Å². The number of nitriles is 1. The zero-order valence-electron chi connectivity index (χ0n) is 10.9. The predicted molar refractivity (Wildman–Crippen MR) is 72.9 cm³/mol. The van der Waals surface area contributed by atoms with E-state index in [9.17, 15) is 0 Å². The third kappa shape index (κ3) is 2.90. The summed E-state index contributed by atoms with van der Waals surface area (Å²) in [7, 11) is 0. The van der Waals surface area contributed by atoms with Crippen LogP contribution in [0.3, 0.4) is 0 Å². The van der Waals surface area contributed by atoms with Crippen molar-refractivity contribution < 1.29 is 0 Å². The third-order valence-electron chi connectivity index (χ3n) is 3.97. The van der Waals surface area contributed by atoms with Crippen LogP contribution >= 0.6 is 0 Å². The van der Waals surface area contributed by atoms with Crippen molar-refractivity contribution >= 4 is 0 Å². The van der Waals surface area contributed by atoms with Gasteiger partial charge in [-0.2, -0.15) is 5.26 Å². The molecule has 3 unspecified atom stereocenters. The number of nitrogens with one attached hydrogen (secondary N) is 1. The van der Waals surface area contributed by atoms with Crippen molar-refractivity contribution in [2.24, 2.45) is 11.7 Å². The molecule has 3 heteroatoms. The van der Waals surface area contributed by atoms with Crippen LogP contribution in [0.1, 0.15) is 43.4 Å². The summed E-state index contributed by atoms with van der Waals surface area (Å²) >= 11 is 0.